The fourth-order valence-electron chi connectivity index (χ4n) is 1.59. The molecular formula is C12H22N4O2. The molecule has 1 atom stereocenters. The quantitative estimate of drug-likeness (QED) is 0.716. The summed E-state index contributed by atoms with van der Waals surface area (Å²) >= 11 is 0. The summed E-state index contributed by atoms with van der Waals surface area (Å²) in [4.78, 5) is 11.7. The average molecular weight is 254 g/mol. The fraction of sp³-hybridized carbons (Fsp3) is 0.750. The molecule has 102 valence electrons. The minimum absolute atomic E-state index is 0.0633. The Balaban J connectivity index is 2.43. The Morgan fingerprint density at radius 1 is 1.11 bits per heavy atom. The van der Waals surface area contributed by atoms with Gasteiger partial charge in [0.1, 0.15) is 0 Å². The normalized spacial score (nSPS) is 12.2. The molecule has 1 unspecified atom stereocenters. The second-order valence-electron chi connectivity index (χ2n) is 4.24. The Kier molecular flexibility index (Phi) is 6.18. The van der Waals surface area contributed by atoms with Gasteiger partial charge in [-0.2, -0.15) is 9.97 Å². The molecular weight excluding hydrogens is 232 g/mol. The molecule has 6 heteroatoms. The van der Waals surface area contributed by atoms with Gasteiger partial charge in [0.05, 0.1) is 13.2 Å². The Hall–Kier alpha value is -1.59. The van der Waals surface area contributed by atoms with Gasteiger partial charge in [0.15, 0.2) is 0 Å². The number of hydrogen-bond acceptors (Lipinski definition) is 6. The minimum atomic E-state index is 0.0633. The van der Waals surface area contributed by atoms with Gasteiger partial charge in [-0.05, 0) is 19.8 Å². The van der Waals surface area contributed by atoms with Crippen LogP contribution < -0.4 is 15.2 Å². The predicted octanol–water partition coefficient (Wildman–Crippen LogP) is 2.20. The Morgan fingerprint density at radius 3 is 2.50 bits per heavy atom. The monoisotopic (exact) mass is 254 g/mol. The first kappa shape index (κ1) is 14.5. The molecule has 0 saturated carbocycles. The first-order valence-corrected chi connectivity index (χ1v) is 6.38. The molecule has 1 aromatic heterocycles. The lowest BCUT2D eigenvalue weighted by Gasteiger charge is -2.13. The van der Waals surface area contributed by atoms with E-state index in [2.05, 4.69) is 21.9 Å². The second kappa shape index (κ2) is 7.68. The first-order valence-electron chi connectivity index (χ1n) is 6.38. The summed E-state index contributed by atoms with van der Waals surface area (Å²) in [5, 5.41) is 0. The molecule has 2 N–H and O–H groups in total. The Labute approximate surface area is 108 Å². The molecule has 0 aliphatic carbocycles. The van der Waals surface area contributed by atoms with Crippen LogP contribution >= 0.6 is 0 Å². The number of ether oxygens (including phenoxy) is 2. The molecule has 0 spiro atoms. The third kappa shape index (κ3) is 5.16. The van der Waals surface area contributed by atoms with Crippen LogP contribution in [0.4, 0.5) is 5.95 Å². The van der Waals surface area contributed by atoms with Crippen LogP contribution in [-0.4, -0.2) is 28.2 Å². The molecule has 1 rings (SSSR count). The van der Waals surface area contributed by atoms with E-state index in [-0.39, 0.29) is 24.1 Å². The third-order valence-electron chi connectivity index (χ3n) is 2.57. The van der Waals surface area contributed by atoms with Gasteiger partial charge in [0.25, 0.3) is 0 Å². The highest BCUT2D eigenvalue weighted by Crippen LogP contribution is 2.14. The lowest BCUT2D eigenvalue weighted by molar-refractivity contribution is 0.186. The standard InChI is InChI=1S/C12H22N4O2/c1-4-5-6-7-8-9(2)18-12-15-10(13)14-11(16-12)17-3/h9H,4-8H2,1-3H3,(H2,13,14,15,16). The van der Waals surface area contributed by atoms with E-state index in [4.69, 9.17) is 15.2 Å². The van der Waals surface area contributed by atoms with Crippen molar-refractivity contribution in [2.75, 3.05) is 12.8 Å². The summed E-state index contributed by atoms with van der Waals surface area (Å²) in [5.41, 5.74) is 5.53. The van der Waals surface area contributed by atoms with Crippen molar-refractivity contribution >= 4 is 5.95 Å². The molecule has 0 fully saturated rings. The molecule has 0 aliphatic rings. The van der Waals surface area contributed by atoms with E-state index in [9.17, 15) is 0 Å². The number of nitrogens with two attached hydrogens (primary N) is 1. The zero-order valence-electron chi connectivity index (χ0n) is 11.3. The zero-order chi connectivity index (χ0) is 13.4. The average Bonchev–Trinajstić information content (AvgIpc) is 2.34. The van der Waals surface area contributed by atoms with Crippen LogP contribution in [0.3, 0.4) is 0 Å². The maximum Gasteiger partial charge on any atom is 0.324 e. The van der Waals surface area contributed by atoms with Crippen molar-refractivity contribution < 1.29 is 9.47 Å². The van der Waals surface area contributed by atoms with Crippen molar-refractivity contribution in [1.29, 1.82) is 0 Å². The van der Waals surface area contributed by atoms with E-state index >= 15 is 0 Å². The summed E-state index contributed by atoms with van der Waals surface area (Å²) in [6, 6.07) is 0.401. The largest absolute Gasteiger partial charge is 0.467 e. The highest BCUT2D eigenvalue weighted by Gasteiger charge is 2.09. The number of anilines is 1. The second-order valence-corrected chi connectivity index (χ2v) is 4.24. The lowest BCUT2D eigenvalue weighted by Crippen LogP contribution is -2.14. The summed E-state index contributed by atoms with van der Waals surface area (Å²) in [5.74, 6) is 0.107. The van der Waals surface area contributed by atoms with Crippen molar-refractivity contribution in [3.63, 3.8) is 0 Å². The molecule has 6 nitrogen and oxygen atoms in total. The van der Waals surface area contributed by atoms with E-state index in [0.29, 0.717) is 0 Å². The molecule has 0 saturated heterocycles. The SMILES string of the molecule is CCCCCCC(C)Oc1nc(N)nc(OC)n1. The number of hydrogen-bond donors (Lipinski definition) is 1. The minimum Gasteiger partial charge on any atom is -0.467 e. The number of rotatable bonds is 8. The zero-order valence-corrected chi connectivity index (χ0v) is 11.3. The van der Waals surface area contributed by atoms with Crippen LogP contribution in [0.15, 0.2) is 0 Å². The number of unbranched alkanes of at least 4 members (excludes halogenated alkanes) is 3. The van der Waals surface area contributed by atoms with E-state index in [1.165, 1.54) is 26.4 Å². The molecule has 0 aliphatic heterocycles. The summed E-state index contributed by atoms with van der Waals surface area (Å²) < 4.78 is 10.5. The van der Waals surface area contributed by atoms with Crippen molar-refractivity contribution in [3.8, 4) is 12.0 Å². The molecule has 0 bridgehead atoms. The van der Waals surface area contributed by atoms with Gasteiger partial charge in [-0.1, -0.05) is 26.2 Å². The van der Waals surface area contributed by atoms with Crippen LogP contribution in [0, 0.1) is 0 Å². The Morgan fingerprint density at radius 2 is 1.83 bits per heavy atom. The smallest absolute Gasteiger partial charge is 0.324 e. The Bertz CT molecular complexity index is 360. The lowest BCUT2D eigenvalue weighted by atomic mass is 10.1. The van der Waals surface area contributed by atoms with Crippen LogP contribution in [-0.2, 0) is 0 Å². The molecule has 1 heterocycles. The van der Waals surface area contributed by atoms with Crippen molar-refractivity contribution in [3.05, 3.63) is 0 Å². The van der Waals surface area contributed by atoms with Crippen molar-refractivity contribution in [1.82, 2.24) is 15.0 Å². The predicted molar refractivity (Wildman–Crippen MR) is 69.6 cm³/mol. The van der Waals surface area contributed by atoms with Crippen molar-refractivity contribution in [2.24, 2.45) is 0 Å². The summed E-state index contributed by atoms with van der Waals surface area (Å²) in [7, 11) is 1.48. The van der Waals surface area contributed by atoms with Gasteiger partial charge < -0.3 is 15.2 Å². The topological polar surface area (TPSA) is 83.2 Å². The van der Waals surface area contributed by atoms with Gasteiger partial charge in [0, 0.05) is 0 Å². The van der Waals surface area contributed by atoms with Crippen LogP contribution in [0.1, 0.15) is 46.0 Å². The van der Waals surface area contributed by atoms with Crippen molar-refractivity contribution in [2.45, 2.75) is 52.1 Å². The molecule has 0 radical (unpaired) electrons. The van der Waals surface area contributed by atoms with Crippen LogP contribution in [0.25, 0.3) is 0 Å². The third-order valence-corrected chi connectivity index (χ3v) is 2.57. The molecule has 18 heavy (non-hydrogen) atoms. The highest BCUT2D eigenvalue weighted by molar-refractivity contribution is 5.20. The summed E-state index contributed by atoms with van der Waals surface area (Å²) in [6.45, 7) is 4.19. The van der Waals surface area contributed by atoms with Crippen LogP contribution in [0.2, 0.25) is 0 Å². The first-order chi connectivity index (χ1) is 8.65. The maximum atomic E-state index is 5.60. The van der Waals surface area contributed by atoms with Crippen LogP contribution in [0.5, 0.6) is 12.0 Å². The van der Waals surface area contributed by atoms with Gasteiger partial charge in [0.2, 0.25) is 5.95 Å². The maximum absolute atomic E-state index is 5.60. The number of nitrogen functional groups attached to an aromatic ring is 1. The van der Waals surface area contributed by atoms with Gasteiger partial charge in [-0.15, -0.1) is 4.98 Å². The fourth-order valence-corrected chi connectivity index (χ4v) is 1.59. The van der Waals surface area contributed by atoms with E-state index in [1.54, 1.807) is 0 Å². The number of nitrogens with zero attached hydrogens (tertiary/aromatic N) is 3. The van der Waals surface area contributed by atoms with E-state index in [1.807, 2.05) is 6.92 Å². The molecule has 1 aromatic rings. The van der Waals surface area contributed by atoms with E-state index in [0.717, 1.165) is 12.8 Å². The summed E-state index contributed by atoms with van der Waals surface area (Å²) in [6.07, 6.45) is 5.91. The highest BCUT2D eigenvalue weighted by atomic mass is 16.5. The van der Waals surface area contributed by atoms with E-state index < -0.39 is 0 Å². The molecule has 0 aromatic carbocycles. The van der Waals surface area contributed by atoms with Gasteiger partial charge in [-0.25, -0.2) is 0 Å². The molecule has 0 amide bonds. The number of aromatic nitrogens is 3. The number of methoxy groups -OCH3 is 1. The van der Waals surface area contributed by atoms with Gasteiger partial charge in [-0.3, -0.25) is 0 Å². The van der Waals surface area contributed by atoms with Gasteiger partial charge >= 0.3 is 12.0 Å².